The summed E-state index contributed by atoms with van der Waals surface area (Å²) in [6.45, 7) is 3.17. The van der Waals surface area contributed by atoms with Gasteiger partial charge < -0.3 is 38.7 Å². The van der Waals surface area contributed by atoms with Crippen molar-refractivity contribution in [2.75, 3.05) is 32.8 Å². The van der Waals surface area contributed by atoms with Gasteiger partial charge in [0.1, 0.15) is 0 Å². The van der Waals surface area contributed by atoms with Crippen molar-refractivity contribution in [3.8, 4) is 0 Å². The fraction of sp³-hybridized carbons (Fsp3) is 0.952. The van der Waals surface area contributed by atoms with Gasteiger partial charge in [-0.3, -0.25) is 4.79 Å². The minimum absolute atomic E-state index is 0.0527. The van der Waals surface area contributed by atoms with Crippen molar-refractivity contribution in [3.63, 3.8) is 0 Å². The van der Waals surface area contributed by atoms with Crippen molar-refractivity contribution in [2.45, 2.75) is 95.2 Å². The molecule has 1 amide bonds. The third-order valence-corrected chi connectivity index (χ3v) is 5.21. The summed E-state index contributed by atoms with van der Waals surface area (Å²) in [5, 5.41) is 15.8. The number of amides is 1. The molecule has 0 heterocycles. The van der Waals surface area contributed by atoms with Crippen LogP contribution < -0.4 is 33.6 Å². The summed E-state index contributed by atoms with van der Waals surface area (Å²) in [5.74, 6) is -0.168. The van der Waals surface area contributed by atoms with E-state index in [4.69, 9.17) is 22.9 Å². The van der Waals surface area contributed by atoms with Crippen molar-refractivity contribution in [2.24, 2.45) is 22.9 Å². The number of hydrogen-bond acceptors (Lipinski definition) is 7. The van der Waals surface area contributed by atoms with Gasteiger partial charge in [0.2, 0.25) is 5.91 Å². The molecule has 0 aromatic carbocycles. The zero-order valence-corrected chi connectivity index (χ0v) is 18.4. The first-order valence-electron chi connectivity index (χ1n) is 11.6. The van der Waals surface area contributed by atoms with Crippen molar-refractivity contribution in [3.05, 3.63) is 0 Å². The van der Waals surface area contributed by atoms with Crippen LogP contribution in [-0.4, -0.2) is 61.9 Å². The highest BCUT2D eigenvalue weighted by molar-refractivity contribution is 5.81. The maximum atomic E-state index is 12.1. The molecule has 0 aliphatic carbocycles. The highest BCUT2D eigenvalue weighted by Gasteiger charge is 2.17. The molecule has 0 aromatic heterocycles. The van der Waals surface area contributed by atoms with E-state index >= 15 is 0 Å². The van der Waals surface area contributed by atoms with Gasteiger partial charge in [0, 0.05) is 12.6 Å². The number of nitrogens with two attached hydrogens (primary N) is 4. The van der Waals surface area contributed by atoms with Gasteiger partial charge in [-0.1, -0.05) is 38.5 Å². The van der Waals surface area contributed by atoms with Crippen molar-refractivity contribution in [1.29, 1.82) is 0 Å². The van der Waals surface area contributed by atoms with Gasteiger partial charge in [-0.25, -0.2) is 0 Å². The Labute approximate surface area is 177 Å². The van der Waals surface area contributed by atoms with Crippen LogP contribution in [0.4, 0.5) is 0 Å². The lowest BCUT2D eigenvalue weighted by Crippen LogP contribution is -2.46. The van der Waals surface area contributed by atoms with Crippen LogP contribution in [0.5, 0.6) is 0 Å². The first-order chi connectivity index (χ1) is 14.0. The third-order valence-electron chi connectivity index (χ3n) is 5.21. The summed E-state index contributed by atoms with van der Waals surface area (Å²) in [4.78, 5) is 12.1. The van der Waals surface area contributed by atoms with E-state index in [1.807, 2.05) is 0 Å². The van der Waals surface area contributed by atoms with E-state index in [-0.39, 0.29) is 24.6 Å². The number of aliphatic hydroxyl groups excluding tert-OH is 1. The Kier molecular flexibility index (Phi) is 20.0. The fourth-order valence-corrected chi connectivity index (χ4v) is 3.27. The average molecular weight is 417 g/mol. The van der Waals surface area contributed by atoms with Gasteiger partial charge in [0.05, 0.1) is 18.7 Å². The zero-order chi connectivity index (χ0) is 21.7. The van der Waals surface area contributed by atoms with Gasteiger partial charge in [-0.05, 0) is 58.2 Å². The zero-order valence-electron chi connectivity index (χ0n) is 18.4. The molecule has 174 valence electrons. The van der Waals surface area contributed by atoms with Crippen LogP contribution in [0.15, 0.2) is 0 Å². The Morgan fingerprint density at radius 1 is 0.793 bits per heavy atom. The van der Waals surface area contributed by atoms with Crippen LogP contribution in [0.1, 0.15) is 77.0 Å². The SMILES string of the molecule is NCCCCCC(N)CNCCCCCC(CO)NC(=O)C(N)CCCCCN. The molecule has 0 radical (unpaired) electrons. The Morgan fingerprint density at radius 2 is 1.38 bits per heavy atom. The monoisotopic (exact) mass is 416 g/mol. The lowest BCUT2D eigenvalue weighted by Gasteiger charge is -2.19. The number of hydrogen-bond donors (Lipinski definition) is 7. The van der Waals surface area contributed by atoms with E-state index in [1.165, 1.54) is 0 Å². The van der Waals surface area contributed by atoms with Gasteiger partial charge in [0.15, 0.2) is 0 Å². The van der Waals surface area contributed by atoms with Crippen LogP contribution in [0.2, 0.25) is 0 Å². The van der Waals surface area contributed by atoms with Crippen molar-refractivity contribution in [1.82, 2.24) is 10.6 Å². The lowest BCUT2D eigenvalue weighted by molar-refractivity contribution is -0.123. The predicted molar refractivity (Wildman–Crippen MR) is 121 cm³/mol. The number of unbranched alkanes of at least 4 members (excludes halogenated alkanes) is 6. The summed E-state index contributed by atoms with van der Waals surface area (Å²) < 4.78 is 0. The largest absolute Gasteiger partial charge is 0.394 e. The Morgan fingerprint density at radius 3 is 2.00 bits per heavy atom. The Hall–Kier alpha value is -0.770. The molecule has 3 atom stereocenters. The summed E-state index contributed by atoms with van der Waals surface area (Å²) in [6.07, 6.45) is 11.8. The molecule has 11 N–H and O–H groups in total. The minimum atomic E-state index is -0.509. The average Bonchev–Trinajstić information content (AvgIpc) is 2.72. The molecule has 0 saturated heterocycles. The number of carbonyl (C=O) groups is 1. The number of aliphatic hydroxyl groups is 1. The molecule has 3 unspecified atom stereocenters. The molecular formula is C21H48N6O2. The number of nitrogens with one attached hydrogen (secondary N) is 2. The molecule has 0 rings (SSSR count). The fourth-order valence-electron chi connectivity index (χ4n) is 3.27. The van der Waals surface area contributed by atoms with E-state index < -0.39 is 6.04 Å². The molecule has 8 nitrogen and oxygen atoms in total. The van der Waals surface area contributed by atoms with Gasteiger partial charge in [0.25, 0.3) is 0 Å². The molecule has 29 heavy (non-hydrogen) atoms. The molecule has 0 saturated carbocycles. The maximum absolute atomic E-state index is 12.1. The number of carbonyl (C=O) groups excluding carboxylic acids is 1. The quantitative estimate of drug-likeness (QED) is 0.132. The van der Waals surface area contributed by atoms with E-state index in [2.05, 4.69) is 10.6 Å². The highest BCUT2D eigenvalue weighted by atomic mass is 16.3. The van der Waals surface area contributed by atoms with E-state index in [1.54, 1.807) is 0 Å². The summed E-state index contributed by atoms with van der Waals surface area (Å²) in [7, 11) is 0. The molecule has 0 fully saturated rings. The summed E-state index contributed by atoms with van der Waals surface area (Å²) in [6, 6.07) is -0.515. The normalized spacial score (nSPS) is 14.5. The van der Waals surface area contributed by atoms with Gasteiger partial charge in [-0.15, -0.1) is 0 Å². The first-order valence-corrected chi connectivity index (χ1v) is 11.6. The van der Waals surface area contributed by atoms with Crippen LogP contribution in [0, 0.1) is 0 Å². The predicted octanol–water partition coefficient (Wildman–Crippen LogP) is 0.306. The molecule has 8 heteroatoms. The second-order valence-electron chi connectivity index (χ2n) is 8.08. The van der Waals surface area contributed by atoms with Gasteiger partial charge in [-0.2, -0.15) is 0 Å². The topological polar surface area (TPSA) is 165 Å². The van der Waals surface area contributed by atoms with Crippen LogP contribution in [0.3, 0.4) is 0 Å². The molecule has 0 aliphatic rings. The molecular weight excluding hydrogens is 368 g/mol. The first kappa shape index (κ1) is 28.2. The third kappa shape index (κ3) is 17.8. The smallest absolute Gasteiger partial charge is 0.237 e. The van der Waals surface area contributed by atoms with Crippen LogP contribution in [-0.2, 0) is 4.79 Å². The Bertz CT molecular complexity index is 373. The number of rotatable bonds is 21. The highest BCUT2D eigenvalue weighted by Crippen LogP contribution is 2.06. The lowest BCUT2D eigenvalue weighted by atomic mass is 10.1. The van der Waals surface area contributed by atoms with Crippen LogP contribution >= 0.6 is 0 Å². The summed E-state index contributed by atoms with van der Waals surface area (Å²) >= 11 is 0. The minimum Gasteiger partial charge on any atom is -0.394 e. The van der Waals surface area contributed by atoms with E-state index in [9.17, 15) is 9.90 Å². The molecule has 0 bridgehead atoms. The standard InChI is InChI=1S/C21H48N6O2/c22-13-7-1-4-10-18(24)16-26-15-9-3-5-11-19(17-28)27-21(29)20(25)12-6-2-8-14-23/h18-20,26,28H,1-17,22-25H2,(H,27,29). The van der Waals surface area contributed by atoms with E-state index in [0.29, 0.717) is 13.0 Å². The van der Waals surface area contributed by atoms with Crippen LogP contribution in [0.25, 0.3) is 0 Å². The van der Waals surface area contributed by atoms with Crippen molar-refractivity contribution < 1.29 is 9.90 Å². The second kappa shape index (κ2) is 20.5. The molecule has 0 spiro atoms. The van der Waals surface area contributed by atoms with Gasteiger partial charge >= 0.3 is 0 Å². The Balaban J connectivity index is 3.68. The van der Waals surface area contributed by atoms with E-state index in [0.717, 1.165) is 90.3 Å². The maximum Gasteiger partial charge on any atom is 0.237 e. The van der Waals surface area contributed by atoms with Crippen molar-refractivity contribution >= 4 is 5.91 Å². The molecule has 0 aromatic rings. The molecule has 0 aliphatic heterocycles. The second-order valence-corrected chi connectivity index (χ2v) is 8.08. The summed E-state index contributed by atoms with van der Waals surface area (Å²) in [5.41, 5.74) is 23.0.